The molecule has 25 heavy (non-hydrogen) atoms. The monoisotopic (exact) mass is 356 g/mol. The summed E-state index contributed by atoms with van der Waals surface area (Å²) in [5.74, 6) is -1.10. The molecule has 0 aromatic carbocycles. The lowest BCUT2D eigenvalue weighted by Gasteiger charge is -2.56. The van der Waals surface area contributed by atoms with E-state index in [0.29, 0.717) is 25.7 Å². The van der Waals surface area contributed by atoms with Crippen LogP contribution in [0.4, 0.5) is 0 Å². The third kappa shape index (κ3) is 3.85. The van der Waals surface area contributed by atoms with Crippen molar-refractivity contribution in [2.24, 2.45) is 5.41 Å². The number of carbonyl (C=O) groups is 2. The fourth-order valence-corrected chi connectivity index (χ4v) is 3.57. The van der Waals surface area contributed by atoms with Crippen molar-refractivity contribution in [3.8, 4) is 0 Å². The van der Waals surface area contributed by atoms with Gasteiger partial charge in [0.1, 0.15) is 11.2 Å². The molecule has 0 amide bonds. The molecule has 1 aliphatic heterocycles. The minimum Gasteiger partial charge on any atom is -0.459 e. The molecule has 2 fully saturated rings. The molecule has 1 saturated heterocycles. The Morgan fingerprint density at radius 1 is 0.920 bits per heavy atom. The van der Waals surface area contributed by atoms with E-state index in [2.05, 4.69) is 0 Å². The van der Waals surface area contributed by atoms with Crippen molar-refractivity contribution in [2.45, 2.75) is 96.7 Å². The molecule has 0 aromatic heterocycles. The third-order valence-corrected chi connectivity index (χ3v) is 4.81. The van der Waals surface area contributed by atoms with E-state index >= 15 is 0 Å². The zero-order valence-electron chi connectivity index (χ0n) is 16.6. The largest absolute Gasteiger partial charge is 0.459 e. The van der Waals surface area contributed by atoms with Crippen LogP contribution >= 0.6 is 0 Å². The predicted molar refractivity (Wildman–Crippen MR) is 91.8 cm³/mol. The van der Waals surface area contributed by atoms with E-state index in [1.54, 1.807) is 48.7 Å². The molecule has 1 atom stereocenters. The van der Waals surface area contributed by atoms with Gasteiger partial charge < -0.3 is 18.9 Å². The van der Waals surface area contributed by atoms with E-state index in [-0.39, 0.29) is 0 Å². The van der Waals surface area contributed by atoms with E-state index in [4.69, 9.17) is 18.9 Å². The highest BCUT2D eigenvalue weighted by atomic mass is 16.7. The molecule has 1 heterocycles. The van der Waals surface area contributed by atoms with Gasteiger partial charge in [-0.25, -0.2) is 0 Å². The highest BCUT2D eigenvalue weighted by Crippen LogP contribution is 2.57. The van der Waals surface area contributed by atoms with Crippen molar-refractivity contribution in [1.82, 2.24) is 0 Å². The Balaban J connectivity index is 2.45. The van der Waals surface area contributed by atoms with Gasteiger partial charge in [0.15, 0.2) is 11.7 Å². The number of esters is 2. The average molecular weight is 356 g/mol. The van der Waals surface area contributed by atoms with E-state index in [1.807, 2.05) is 0 Å². The van der Waals surface area contributed by atoms with Crippen LogP contribution in [0, 0.1) is 5.41 Å². The van der Waals surface area contributed by atoms with E-state index in [0.717, 1.165) is 6.42 Å². The van der Waals surface area contributed by atoms with Crippen LogP contribution in [-0.2, 0) is 28.5 Å². The van der Waals surface area contributed by atoms with Crippen LogP contribution in [-0.4, -0.2) is 42.1 Å². The summed E-state index contributed by atoms with van der Waals surface area (Å²) < 4.78 is 22.8. The summed E-state index contributed by atoms with van der Waals surface area (Å²) >= 11 is 0. The molecule has 1 spiro atoms. The fraction of sp³-hybridized carbons (Fsp3) is 0.895. The summed E-state index contributed by atoms with van der Waals surface area (Å²) in [4.78, 5) is 26.4. The van der Waals surface area contributed by atoms with Gasteiger partial charge in [0.25, 0.3) is 0 Å². The molecule has 0 unspecified atom stereocenters. The van der Waals surface area contributed by atoms with E-state index in [9.17, 15) is 9.59 Å². The molecule has 2 rings (SSSR count). The van der Waals surface area contributed by atoms with E-state index in [1.165, 1.54) is 0 Å². The SMILES string of the molecule is CO[C@H]1CCC(C(=O)OC(C)(C)C)(C(=O)OC(C)(C)C)C2(CCC2)O1. The van der Waals surface area contributed by atoms with E-state index < -0.39 is 40.4 Å². The lowest BCUT2D eigenvalue weighted by Crippen LogP contribution is -2.68. The smallest absolute Gasteiger partial charge is 0.327 e. The van der Waals surface area contributed by atoms with Gasteiger partial charge in [0, 0.05) is 13.5 Å². The Bertz CT molecular complexity index is 493. The molecule has 144 valence electrons. The molecular formula is C19H32O6. The molecule has 0 N–H and O–H groups in total. The summed E-state index contributed by atoms with van der Waals surface area (Å²) in [6, 6.07) is 0. The van der Waals surface area contributed by atoms with Crippen molar-refractivity contribution in [3.05, 3.63) is 0 Å². The lowest BCUT2D eigenvalue weighted by molar-refractivity contribution is -0.300. The Morgan fingerprint density at radius 2 is 1.40 bits per heavy atom. The predicted octanol–water partition coefficient (Wildman–Crippen LogP) is 3.36. The third-order valence-electron chi connectivity index (χ3n) is 4.81. The normalized spacial score (nSPS) is 25.2. The lowest BCUT2D eigenvalue weighted by atomic mass is 9.57. The molecule has 0 aromatic rings. The Kier molecular flexibility index (Phi) is 5.28. The summed E-state index contributed by atoms with van der Waals surface area (Å²) in [6.07, 6.45) is 2.45. The molecule has 1 saturated carbocycles. The van der Waals surface area contributed by atoms with Gasteiger partial charge in [-0.2, -0.15) is 0 Å². The maximum absolute atomic E-state index is 13.2. The summed E-state index contributed by atoms with van der Waals surface area (Å²) in [7, 11) is 1.57. The Labute approximate surface area is 150 Å². The maximum Gasteiger partial charge on any atom is 0.327 e. The van der Waals surface area contributed by atoms with Crippen LogP contribution in [0.25, 0.3) is 0 Å². The maximum atomic E-state index is 13.2. The Hall–Kier alpha value is -1.14. The van der Waals surface area contributed by atoms with Crippen LogP contribution in [0.3, 0.4) is 0 Å². The van der Waals surface area contributed by atoms with Gasteiger partial charge >= 0.3 is 11.9 Å². The second-order valence-corrected chi connectivity index (χ2v) is 9.08. The van der Waals surface area contributed by atoms with Crippen molar-refractivity contribution < 1.29 is 28.5 Å². The van der Waals surface area contributed by atoms with Crippen LogP contribution in [0.15, 0.2) is 0 Å². The number of ether oxygens (including phenoxy) is 4. The highest BCUT2D eigenvalue weighted by Gasteiger charge is 2.70. The quantitative estimate of drug-likeness (QED) is 0.570. The number of hydrogen-bond acceptors (Lipinski definition) is 6. The summed E-state index contributed by atoms with van der Waals surface area (Å²) in [5, 5.41) is 0. The standard InChI is InChI=1S/C19H32O6/c1-16(2,3)24-14(20)19(15(21)25-17(4,5)6)12-9-13(22-7)23-18(19)10-8-11-18/h13H,8-12H2,1-7H3/t13-/m1/s1. The van der Waals surface area contributed by atoms with Crippen LogP contribution in [0.5, 0.6) is 0 Å². The molecule has 2 aliphatic rings. The van der Waals surface area contributed by atoms with Crippen LogP contribution < -0.4 is 0 Å². The molecule has 6 nitrogen and oxygen atoms in total. The van der Waals surface area contributed by atoms with Crippen molar-refractivity contribution in [2.75, 3.05) is 7.11 Å². The fourth-order valence-electron chi connectivity index (χ4n) is 3.57. The first-order valence-corrected chi connectivity index (χ1v) is 9.03. The minimum atomic E-state index is -1.44. The minimum absolute atomic E-state index is 0.301. The first kappa shape index (κ1) is 20.2. The number of rotatable bonds is 3. The summed E-state index contributed by atoms with van der Waals surface area (Å²) in [5.41, 5.74) is -3.75. The topological polar surface area (TPSA) is 71.1 Å². The van der Waals surface area contributed by atoms with Gasteiger partial charge in [-0.3, -0.25) is 9.59 Å². The van der Waals surface area contributed by atoms with Crippen molar-refractivity contribution in [3.63, 3.8) is 0 Å². The number of carbonyl (C=O) groups excluding carboxylic acids is 2. The molecule has 0 bridgehead atoms. The molecule has 1 aliphatic carbocycles. The van der Waals surface area contributed by atoms with Gasteiger partial charge in [-0.05, 0) is 67.2 Å². The van der Waals surface area contributed by atoms with Gasteiger partial charge in [-0.15, -0.1) is 0 Å². The number of methoxy groups -OCH3 is 1. The van der Waals surface area contributed by atoms with Gasteiger partial charge in [-0.1, -0.05) is 0 Å². The van der Waals surface area contributed by atoms with Crippen LogP contribution in [0.1, 0.15) is 73.6 Å². The zero-order valence-corrected chi connectivity index (χ0v) is 16.6. The second-order valence-electron chi connectivity index (χ2n) is 9.08. The molecular weight excluding hydrogens is 324 g/mol. The van der Waals surface area contributed by atoms with Gasteiger partial charge in [0.2, 0.25) is 0 Å². The zero-order chi connectivity index (χ0) is 19.1. The average Bonchev–Trinajstić information content (AvgIpc) is 2.40. The van der Waals surface area contributed by atoms with Crippen molar-refractivity contribution >= 4 is 11.9 Å². The highest BCUT2D eigenvalue weighted by molar-refractivity contribution is 6.02. The van der Waals surface area contributed by atoms with Gasteiger partial charge in [0.05, 0.1) is 5.60 Å². The first-order valence-electron chi connectivity index (χ1n) is 9.03. The Morgan fingerprint density at radius 3 is 1.72 bits per heavy atom. The molecule has 6 heteroatoms. The summed E-state index contributed by atoms with van der Waals surface area (Å²) in [6.45, 7) is 10.8. The molecule has 0 radical (unpaired) electrons. The number of hydrogen-bond donors (Lipinski definition) is 0. The first-order chi connectivity index (χ1) is 11.4. The van der Waals surface area contributed by atoms with Crippen molar-refractivity contribution in [1.29, 1.82) is 0 Å². The van der Waals surface area contributed by atoms with Crippen LogP contribution in [0.2, 0.25) is 0 Å². The second kappa shape index (κ2) is 6.54.